The summed E-state index contributed by atoms with van der Waals surface area (Å²) in [6, 6.07) is 29.2. The molecule has 1 heterocycles. The van der Waals surface area contributed by atoms with Gasteiger partial charge in [-0.05, 0) is 77.7 Å². The van der Waals surface area contributed by atoms with E-state index in [9.17, 15) is 9.18 Å². The molecule has 43 heavy (non-hydrogen) atoms. The first-order valence-electron chi connectivity index (χ1n) is 14.0. The lowest BCUT2D eigenvalue weighted by Gasteiger charge is -2.31. The lowest BCUT2D eigenvalue weighted by molar-refractivity contribution is -0.128. The van der Waals surface area contributed by atoms with Crippen LogP contribution in [0.1, 0.15) is 34.8 Å². The molecule has 0 unspecified atom stereocenters. The number of rotatable bonds is 12. The standard InChI is InChI=1S/C34H31Br2FN2O4/c35-27-13-9-24(10-14-27)31-34(22-26-6-1-2-8-30(26)36,33(41)38-18-17-23-5-3-7-28(37)21-23)39-32(43-31)25-11-15-29(16-12-25)42-20-4-19-40/h1-3,5-16,21,31,40H,4,17-20,22H2,(H,38,41)/t31-,34-/m1/s1. The smallest absolute Gasteiger partial charge is 0.252 e. The Bertz CT molecular complexity index is 1580. The van der Waals surface area contributed by atoms with Crippen molar-refractivity contribution < 1.29 is 23.8 Å². The molecule has 0 saturated heterocycles. The molecule has 0 aromatic heterocycles. The van der Waals surface area contributed by atoms with E-state index in [4.69, 9.17) is 19.6 Å². The van der Waals surface area contributed by atoms with E-state index >= 15 is 0 Å². The Kier molecular flexibility index (Phi) is 10.3. The molecule has 0 radical (unpaired) electrons. The van der Waals surface area contributed by atoms with Crippen LogP contribution in [0.4, 0.5) is 4.39 Å². The van der Waals surface area contributed by atoms with E-state index in [0.717, 1.165) is 25.6 Å². The van der Waals surface area contributed by atoms with Crippen molar-refractivity contribution in [2.75, 3.05) is 19.8 Å². The Morgan fingerprint density at radius 1 is 1.00 bits per heavy atom. The number of amides is 1. The Balaban J connectivity index is 1.52. The molecule has 6 nitrogen and oxygen atoms in total. The minimum atomic E-state index is -1.34. The summed E-state index contributed by atoms with van der Waals surface area (Å²) in [7, 11) is 0. The summed E-state index contributed by atoms with van der Waals surface area (Å²) in [6.07, 6.45) is 0.551. The molecule has 0 spiro atoms. The van der Waals surface area contributed by atoms with Gasteiger partial charge < -0.3 is 19.9 Å². The summed E-state index contributed by atoms with van der Waals surface area (Å²) in [6.45, 7) is 0.770. The number of carbonyl (C=O) groups excluding carboxylic acids is 1. The number of carbonyl (C=O) groups is 1. The number of halogens is 3. The SMILES string of the molecule is O=C(NCCc1cccc(F)c1)[C@]1(Cc2ccccc2Br)N=C(c2ccc(OCCCO)cc2)O[C@@H]1c1ccc(Br)cc1. The largest absolute Gasteiger partial charge is 0.494 e. The summed E-state index contributed by atoms with van der Waals surface area (Å²) in [5.74, 6) is 0.413. The van der Waals surface area contributed by atoms with Gasteiger partial charge in [-0.2, -0.15) is 0 Å². The van der Waals surface area contributed by atoms with Crippen LogP contribution in [0.15, 0.2) is 111 Å². The van der Waals surface area contributed by atoms with Gasteiger partial charge in [0.05, 0.1) is 6.61 Å². The molecule has 4 aromatic carbocycles. The van der Waals surface area contributed by atoms with Crippen LogP contribution in [0.3, 0.4) is 0 Å². The van der Waals surface area contributed by atoms with Crippen LogP contribution in [-0.4, -0.2) is 42.2 Å². The van der Waals surface area contributed by atoms with Gasteiger partial charge in [0.25, 0.3) is 5.91 Å². The molecule has 0 bridgehead atoms. The molecule has 0 saturated carbocycles. The van der Waals surface area contributed by atoms with Crippen molar-refractivity contribution in [1.29, 1.82) is 0 Å². The molecule has 1 aliphatic rings. The van der Waals surface area contributed by atoms with Crippen molar-refractivity contribution in [2.45, 2.75) is 30.9 Å². The molecule has 1 amide bonds. The molecular formula is C34H31Br2FN2O4. The van der Waals surface area contributed by atoms with E-state index < -0.39 is 11.6 Å². The number of nitrogens with one attached hydrogen (secondary N) is 1. The number of aliphatic hydroxyl groups excluding tert-OH is 1. The molecule has 4 aromatic rings. The fraction of sp³-hybridized carbons (Fsp3) is 0.235. The van der Waals surface area contributed by atoms with Crippen molar-refractivity contribution in [3.63, 3.8) is 0 Å². The van der Waals surface area contributed by atoms with Gasteiger partial charge in [0.1, 0.15) is 11.6 Å². The van der Waals surface area contributed by atoms with Gasteiger partial charge in [0, 0.05) is 40.5 Å². The van der Waals surface area contributed by atoms with Crippen LogP contribution >= 0.6 is 31.9 Å². The highest BCUT2D eigenvalue weighted by Gasteiger charge is 2.53. The zero-order valence-corrected chi connectivity index (χ0v) is 26.5. The molecule has 2 atom stereocenters. The van der Waals surface area contributed by atoms with Crippen molar-refractivity contribution in [2.24, 2.45) is 4.99 Å². The van der Waals surface area contributed by atoms with Crippen molar-refractivity contribution in [1.82, 2.24) is 5.32 Å². The highest BCUT2D eigenvalue weighted by atomic mass is 79.9. The normalized spacial score (nSPS) is 17.7. The van der Waals surface area contributed by atoms with Gasteiger partial charge in [0.15, 0.2) is 11.6 Å². The number of hydrogen-bond acceptors (Lipinski definition) is 5. The zero-order valence-electron chi connectivity index (χ0n) is 23.3. The third-order valence-corrected chi connectivity index (χ3v) is 8.51. The number of benzene rings is 4. The number of aliphatic imine (C=N–C) groups is 1. The second kappa shape index (κ2) is 14.3. The van der Waals surface area contributed by atoms with Crippen LogP contribution in [0, 0.1) is 5.82 Å². The Morgan fingerprint density at radius 2 is 1.77 bits per heavy atom. The maximum atomic E-state index is 14.3. The van der Waals surface area contributed by atoms with Crippen LogP contribution in [0.25, 0.3) is 0 Å². The van der Waals surface area contributed by atoms with Crippen LogP contribution in [0.5, 0.6) is 5.75 Å². The molecule has 0 aliphatic carbocycles. The monoisotopic (exact) mass is 708 g/mol. The summed E-state index contributed by atoms with van der Waals surface area (Å²) in [5, 5.41) is 12.1. The number of ether oxygens (including phenoxy) is 2. The van der Waals surface area contributed by atoms with E-state index in [1.54, 1.807) is 6.07 Å². The van der Waals surface area contributed by atoms with Crippen LogP contribution in [0.2, 0.25) is 0 Å². The minimum Gasteiger partial charge on any atom is -0.494 e. The molecule has 0 fully saturated rings. The minimum absolute atomic E-state index is 0.0596. The van der Waals surface area contributed by atoms with Crippen molar-refractivity contribution >= 4 is 43.7 Å². The number of aliphatic hydroxyl groups is 1. The molecule has 2 N–H and O–H groups in total. The number of nitrogens with zero attached hydrogens (tertiary/aromatic N) is 1. The molecule has 9 heteroatoms. The quantitative estimate of drug-likeness (QED) is 0.156. The fourth-order valence-corrected chi connectivity index (χ4v) is 5.71. The zero-order chi connectivity index (χ0) is 30.2. The molecule has 5 rings (SSSR count). The average molecular weight is 710 g/mol. The lowest BCUT2D eigenvalue weighted by Crippen LogP contribution is -2.50. The summed E-state index contributed by atoms with van der Waals surface area (Å²) in [5.41, 5.74) is 1.87. The Labute approximate surface area is 267 Å². The molecule has 222 valence electrons. The Hall–Kier alpha value is -3.53. The predicted octanol–water partition coefficient (Wildman–Crippen LogP) is 6.97. The first-order chi connectivity index (χ1) is 20.9. The van der Waals surface area contributed by atoms with E-state index in [2.05, 4.69) is 37.2 Å². The predicted molar refractivity (Wildman–Crippen MR) is 172 cm³/mol. The second-order valence-corrected chi connectivity index (χ2v) is 12.0. The van der Waals surface area contributed by atoms with Crippen molar-refractivity contribution in [3.05, 3.63) is 134 Å². The van der Waals surface area contributed by atoms with Gasteiger partial charge >= 0.3 is 0 Å². The highest BCUT2D eigenvalue weighted by molar-refractivity contribution is 9.10. The molecular weight excluding hydrogens is 679 g/mol. The van der Waals surface area contributed by atoms with Gasteiger partial charge in [-0.1, -0.05) is 74.3 Å². The summed E-state index contributed by atoms with van der Waals surface area (Å²) in [4.78, 5) is 19.4. The Morgan fingerprint density at radius 3 is 2.49 bits per heavy atom. The molecule has 1 aliphatic heterocycles. The van der Waals surface area contributed by atoms with Gasteiger partial charge in [-0.3, -0.25) is 4.79 Å². The maximum Gasteiger partial charge on any atom is 0.252 e. The summed E-state index contributed by atoms with van der Waals surface area (Å²) < 4.78 is 27.8. The first kappa shape index (κ1) is 30.9. The van der Waals surface area contributed by atoms with Gasteiger partial charge in [-0.25, -0.2) is 9.38 Å². The lowest BCUT2D eigenvalue weighted by atomic mass is 9.82. The highest BCUT2D eigenvalue weighted by Crippen LogP contribution is 2.43. The van der Waals surface area contributed by atoms with Crippen LogP contribution in [-0.2, 0) is 22.4 Å². The van der Waals surface area contributed by atoms with Crippen molar-refractivity contribution in [3.8, 4) is 5.75 Å². The van der Waals surface area contributed by atoms with Crippen LogP contribution < -0.4 is 10.1 Å². The average Bonchev–Trinajstić information content (AvgIpc) is 3.40. The fourth-order valence-electron chi connectivity index (χ4n) is 5.02. The topological polar surface area (TPSA) is 80.2 Å². The van der Waals surface area contributed by atoms with Gasteiger partial charge in [-0.15, -0.1) is 0 Å². The van der Waals surface area contributed by atoms with E-state index in [1.165, 1.54) is 12.1 Å². The van der Waals surface area contributed by atoms with Gasteiger partial charge in [0.2, 0.25) is 5.90 Å². The number of hydrogen-bond donors (Lipinski definition) is 2. The van der Waals surface area contributed by atoms with E-state index in [1.807, 2.05) is 78.9 Å². The third kappa shape index (κ3) is 7.52. The van der Waals surface area contributed by atoms with E-state index in [-0.39, 0.29) is 24.8 Å². The third-order valence-electron chi connectivity index (χ3n) is 7.21. The maximum absolute atomic E-state index is 14.3. The summed E-state index contributed by atoms with van der Waals surface area (Å²) >= 11 is 7.16. The second-order valence-electron chi connectivity index (χ2n) is 10.2. The van der Waals surface area contributed by atoms with E-state index in [0.29, 0.717) is 43.2 Å². The first-order valence-corrected chi connectivity index (χ1v) is 15.6.